The second-order valence-corrected chi connectivity index (χ2v) is 4.56. The van der Waals surface area contributed by atoms with Crippen molar-refractivity contribution < 1.29 is 18.7 Å². The monoisotopic (exact) mass is 288 g/mol. The van der Waals surface area contributed by atoms with E-state index in [4.69, 9.17) is 13.9 Å². The molecule has 0 N–H and O–H groups in total. The molecule has 0 amide bonds. The molecule has 2 heterocycles. The molecular weight excluding hydrogens is 272 g/mol. The zero-order valence-corrected chi connectivity index (χ0v) is 11.7. The summed E-state index contributed by atoms with van der Waals surface area (Å²) >= 11 is 0. The van der Waals surface area contributed by atoms with Gasteiger partial charge in [-0.25, -0.2) is 4.79 Å². The lowest BCUT2D eigenvalue weighted by atomic mass is 10.2. The molecule has 0 unspecified atom stereocenters. The Kier molecular flexibility index (Phi) is 3.77. The summed E-state index contributed by atoms with van der Waals surface area (Å²) in [6.45, 7) is 3.40. The van der Waals surface area contributed by atoms with Crippen molar-refractivity contribution in [1.82, 2.24) is 4.98 Å². The van der Waals surface area contributed by atoms with Gasteiger partial charge in [-0.15, -0.1) is 0 Å². The number of aromatic nitrogens is 1. The number of oxazole rings is 1. The summed E-state index contributed by atoms with van der Waals surface area (Å²) in [4.78, 5) is 17.8. The fraction of sp³-hybridized carbons (Fsp3) is 0.333. The molecule has 21 heavy (non-hydrogen) atoms. The quantitative estimate of drug-likeness (QED) is 0.809. The number of esters is 1. The van der Waals surface area contributed by atoms with Crippen molar-refractivity contribution in [2.75, 3.05) is 24.7 Å². The molecule has 1 aromatic heterocycles. The van der Waals surface area contributed by atoms with Crippen LogP contribution in [0.5, 0.6) is 5.75 Å². The summed E-state index contributed by atoms with van der Waals surface area (Å²) in [6, 6.07) is 8.06. The first-order chi connectivity index (χ1) is 10.3. The van der Waals surface area contributed by atoms with E-state index in [1.165, 1.54) is 6.26 Å². The molecule has 110 valence electrons. The summed E-state index contributed by atoms with van der Waals surface area (Å²) in [5, 5.41) is 0. The number of fused-ring (bicyclic) bond motifs is 1. The zero-order chi connectivity index (χ0) is 14.7. The summed E-state index contributed by atoms with van der Waals surface area (Å²) in [5.41, 5.74) is 1.06. The largest absolute Gasteiger partial charge is 0.491 e. The van der Waals surface area contributed by atoms with E-state index in [9.17, 15) is 4.79 Å². The van der Waals surface area contributed by atoms with Crippen LogP contribution in [-0.4, -0.2) is 30.7 Å². The minimum atomic E-state index is -0.480. The number of anilines is 2. The first-order valence-electron chi connectivity index (χ1n) is 6.91. The molecule has 0 saturated heterocycles. The van der Waals surface area contributed by atoms with Gasteiger partial charge in [0.15, 0.2) is 5.69 Å². The lowest BCUT2D eigenvalue weighted by Crippen LogP contribution is -2.18. The van der Waals surface area contributed by atoms with Crippen molar-refractivity contribution in [1.29, 1.82) is 0 Å². The minimum Gasteiger partial charge on any atom is -0.491 e. The van der Waals surface area contributed by atoms with Gasteiger partial charge >= 0.3 is 12.0 Å². The molecule has 6 nitrogen and oxygen atoms in total. The maximum absolute atomic E-state index is 11.7. The number of hydrogen-bond acceptors (Lipinski definition) is 6. The Morgan fingerprint density at radius 2 is 2.29 bits per heavy atom. The van der Waals surface area contributed by atoms with E-state index in [1.54, 1.807) is 6.92 Å². The highest BCUT2D eigenvalue weighted by molar-refractivity contribution is 5.87. The molecule has 0 saturated carbocycles. The molecule has 1 aliphatic rings. The zero-order valence-electron chi connectivity index (χ0n) is 11.7. The Bertz CT molecular complexity index is 638. The molecule has 0 bridgehead atoms. The molecule has 0 fully saturated rings. The van der Waals surface area contributed by atoms with E-state index in [1.807, 2.05) is 29.2 Å². The van der Waals surface area contributed by atoms with Crippen LogP contribution >= 0.6 is 0 Å². The molecule has 3 rings (SSSR count). The van der Waals surface area contributed by atoms with Crippen LogP contribution in [0.3, 0.4) is 0 Å². The van der Waals surface area contributed by atoms with Crippen LogP contribution < -0.4 is 9.64 Å². The van der Waals surface area contributed by atoms with Gasteiger partial charge in [-0.1, -0.05) is 12.1 Å². The van der Waals surface area contributed by atoms with Gasteiger partial charge in [0.2, 0.25) is 0 Å². The molecule has 0 aliphatic carbocycles. The maximum Gasteiger partial charge on any atom is 0.360 e. The van der Waals surface area contributed by atoms with Crippen molar-refractivity contribution in [2.45, 2.75) is 13.3 Å². The number of carbonyl (C=O) groups excluding carboxylic acids is 1. The van der Waals surface area contributed by atoms with E-state index >= 15 is 0 Å². The summed E-state index contributed by atoms with van der Waals surface area (Å²) in [6.07, 6.45) is 2.16. The maximum atomic E-state index is 11.7. The molecule has 0 atom stereocenters. The van der Waals surface area contributed by atoms with Gasteiger partial charge in [0, 0.05) is 6.54 Å². The standard InChI is InChI=1S/C15H16N2O4/c1-2-19-14(18)11-10-21-15(16-11)17-8-5-9-20-13-7-4-3-6-12(13)17/h3-4,6-7,10H,2,5,8-9H2,1H3. The van der Waals surface area contributed by atoms with Crippen molar-refractivity contribution in [2.24, 2.45) is 0 Å². The Morgan fingerprint density at radius 1 is 1.43 bits per heavy atom. The number of nitrogens with zero attached hydrogens (tertiary/aromatic N) is 2. The van der Waals surface area contributed by atoms with Gasteiger partial charge in [0.25, 0.3) is 0 Å². The highest BCUT2D eigenvalue weighted by Gasteiger charge is 2.23. The first-order valence-corrected chi connectivity index (χ1v) is 6.91. The van der Waals surface area contributed by atoms with Crippen LogP contribution in [0.4, 0.5) is 11.7 Å². The molecule has 0 spiro atoms. The van der Waals surface area contributed by atoms with Crippen LogP contribution in [0.15, 0.2) is 34.9 Å². The number of benzene rings is 1. The Labute approximate surface area is 122 Å². The van der Waals surface area contributed by atoms with E-state index in [-0.39, 0.29) is 5.69 Å². The van der Waals surface area contributed by atoms with Crippen molar-refractivity contribution in [3.63, 3.8) is 0 Å². The van der Waals surface area contributed by atoms with E-state index in [0.717, 1.165) is 17.9 Å². The average molecular weight is 288 g/mol. The number of hydrogen-bond donors (Lipinski definition) is 0. The Hall–Kier alpha value is -2.50. The third-order valence-corrected chi connectivity index (χ3v) is 3.15. The van der Waals surface area contributed by atoms with Crippen molar-refractivity contribution in [3.8, 4) is 5.75 Å². The van der Waals surface area contributed by atoms with E-state index < -0.39 is 5.97 Å². The fourth-order valence-corrected chi connectivity index (χ4v) is 2.21. The van der Waals surface area contributed by atoms with Crippen molar-refractivity contribution in [3.05, 3.63) is 36.2 Å². The highest BCUT2D eigenvalue weighted by atomic mass is 16.5. The van der Waals surface area contributed by atoms with Crippen LogP contribution in [0, 0.1) is 0 Å². The smallest absolute Gasteiger partial charge is 0.360 e. The number of para-hydroxylation sites is 2. The minimum absolute atomic E-state index is 0.175. The number of ether oxygens (including phenoxy) is 2. The predicted molar refractivity (Wildman–Crippen MR) is 76.0 cm³/mol. The van der Waals surface area contributed by atoms with Crippen LogP contribution in [-0.2, 0) is 4.74 Å². The summed E-state index contributed by atoms with van der Waals surface area (Å²) < 4.78 is 16.1. The predicted octanol–water partition coefficient (Wildman–Crippen LogP) is 2.77. The molecule has 1 aromatic carbocycles. The van der Waals surface area contributed by atoms with Gasteiger partial charge < -0.3 is 13.9 Å². The molecule has 0 radical (unpaired) electrons. The normalized spacial score (nSPS) is 14.0. The first kappa shape index (κ1) is 13.5. The van der Waals surface area contributed by atoms with Crippen LogP contribution in [0.25, 0.3) is 0 Å². The second kappa shape index (κ2) is 5.87. The lowest BCUT2D eigenvalue weighted by Gasteiger charge is -2.19. The van der Waals surface area contributed by atoms with Gasteiger partial charge in [0.1, 0.15) is 12.0 Å². The average Bonchev–Trinajstić information content (AvgIpc) is 2.89. The van der Waals surface area contributed by atoms with E-state index in [0.29, 0.717) is 25.8 Å². The Morgan fingerprint density at radius 3 is 3.14 bits per heavy atom. The molecule has 6 heteroatoms. The molecule has 2 aromatic rings. The third-order valence-electron chi connectivity index (χ3n) is 3.15. The number of rotatable bonds is 3. The topological polar surface area (TPSA) is 64.8 Å². The Balaban J connectivity index is 1.91. The lowest BCUT2D eigenvalue weighted by molar-refractivity contribution is 0.0519. The van der Waals surface area contributed by atoms with Crippen molar-refractivity contribution >= 4 is 17.7 Å². The van der Waals surface area contributed by atoms with E-state index in [2.05, 4.69) is 4.98 Å². The summed E-state index contributed by atoms with van der Waals surface area (Å²) in [7, 11) is 0. The number of carbonyl (C=O) groups is 1. The SMILES string of the molecule is CCOC(=O)c1coc(N2CCCOc3ccccc32)n1. The van der Waals surface area contributed by atoms with Gasteiger partial charge in [0.05, 0.1) is 18.9 Å². The third kappa shape index (κ3) is 2.69. The molecule has 1 aliphatic heterocycles. The van der Waals surface area contributed by atoms with Crippen LogP contribution in [0.1, 0.15) is 23.8 Å². The van der Waals surface area contributed by atoms with Gasteiger partial charge in [-0.3, -0.25) is 4.90 Å². The van der Waals surface area contributed by atoms with Gasteiger partial charge in [-0.05, 0) is 25.5 Å². The summed E-state index contributed by atoms with van der Waals surface area (Å²) in [5.74, 6) is 0.303. The fourth-order valence-electron chi connectivity index (χ4n) is 2.21. The highest BCUT2D eigenvalue weighted by Crippen LogP contribution is 2.35. The van der Waals surface area contributed by atoms with Gasteiger partial charge in [-0.2, -0.15) is 4.98 Å². The van der Waals surface area contributed by atoms with Crippen LogP contribution in [0.2, 0.25) is 0 Å². The second-order valence-electron chi connectivity index (χ2n) is 4.56. The molecular formula is C15H16N2O4.